The van der Waals surface area contributed by atoms with Crippen molar-refractivity contribution in [2.45, 2.75) is 10.9 Å². The largest absolute Gasteiger partial charge is 0.271 e. The van der Waals surface area contributed by atoms with Gasteiger partial charge in [0.1, 0.15) is 0 Å². The maximum absolute atomic E-state index is 11.4. The molecule has 1 aromatic heterocycles. The molecule has 4 nitrogen and oxygen atoms in total. The average Bonchev–Trinajstić information content (AvgIpc) is 2.76. The van der Waals surface area contributed by atoms with E-state index in [9.17, 15) is 8.42 Å². The van der Waals surface area contributed by atoms with Crippen molar-refractivity contribution in [3.8, 4) is 0 Å². The monoisotopic (exact) mass is 360 g/mol. The summed E-state index contributed by atoms with van der Waals surface area (Å²) >= 11 is 5.04. The number of nitrogens with one attached hydrogen (secondary N) is 1. The van der Waals surface area contributed by atoms with E-state index < -0.39 is 9.84 Å². The third-order valence-electron chi connectivity index (χ3n) is 2.76. The van der Waals surface area contributed by atoms with Crippen LogP contribution in [0.25, 0.3) is 0 Å². The number of halogens is 1. The molecule has 0 fully saturated rings. The SMILES string of the molecule is CS(=O)(=O)c1ccc(C(NN)c2cscc2Br)cc1. The first-order chi connectivity index (χ1) is 8.93. The lowest BCUT2D eigenvalue weighted by Gasteiger charge is -2.16. The van der Waals surface area contributed by atoms with Gasteiger partial charge in [0.05, 0.1) is 10.9 Å². The maximum atomic E-state index is 11.4. The fourth-order valence-corrected chi connectivity index (χ4v) is 3.95. The summed E-state index contributed by atoms with van der Waals surface area (Å²) in [4.78, 5) is 0.302. The van der Waals surface area contributed by atoms with Crippen LogP contribution in [-0.4, -0.2) is 14.7 Å². The molecule has 1 atom stereocenters. The van der Waals surface area contributed by atoms with E-state index in [1.54, 1.807) is 35.6 Å². The number of hydrazine groups is 1. The third-order valence-corrected chi connectivity index (χ3v) is 5.64. The second kappa shape index (κ2) is 5.72. The van der Waals surface area contributed by atoms with Crippen LogP contribution in [0, 0.1) is 0 Å². The molecule has 0 saturated heterocycles. The minimum absolute atomic E-state index is 0.172. The zero-order chi connectivity index (χ0) is 14.0. The zero-order valence-corrected chi connectivity index (χ0v) is 13.3. The van der Waals surface area contributed by atoms with Crippen molar-refractivity contribution in [2.75, 3.05) is 6.26 Å². The topological polar surface area (TPSA) is 72.2 Å². The Bertz CT molecular complexity index is 665. The minimum atomic E-state index is -3.17. The van der Waals surface area contributed by atoms with Gasteiger partial charge in [-0.2, -0.15) is 11.3 Å². The first-order valence-electron chi connectivity index (χ1n) is 5.41. The second-order valence-corrected chi connectivity index (χ2v) is 7.73. The molecule has 0 radical (unpaired) electrons. The molecule has 0 aliphatic carbocycles. The standard InChI is InChI=1S/C12H13BrN2O2S2/c1-19(16,17)9-4-2-8(3-5-9)12(15-14)10-6-18-7-11(10)13/h2-7,12,15H,14H2,1H3. The molecule has 0 saturated carbocycles. The van der Waals surface area contributed by atoms with Crippen molar-refractivity contribution in [3.63, 3.8) is 0 Å². The normalized spacial score (nSPS) is 13.4. The molecule has 3 N–H and O–H groups in total. The van der Waals surface area contributed by atoms with Gasteiger partial charge in [0.15, 0.2) is 9.84 Å². The van der Waals surface area contributed by atoms with Crippen LogP contribution in [0.3, 0.4) is 0 Å². The molecule has 0 aliphatic rings. The van der Waals surface area contributed by atoms with E-state index in [4.69, 9.17) is 5.84 Å². The number of hydrogen-bond acceptors (Lipinski definition) is 5. The molecule has 0 bridgehead atoms. The predicted molar refractivity (Wildman–Crippen MR) is 80.7 cm³/mol. The number of sulfone groups is 1. The van der Waals surface area contributed by atoms with Crippen LogP contribution >= 0.6 is 27.3 Å². The van der Waals surface area contributed by atoms with E-state index in [1.165, 1.54) is 6.26 Å². The summed E-state index contributed by atoms with van der Waals surface area (Å²) < 4.78 is 23.8. The van der Waals surface area contributed by atoms with Crippen molar-refractivity contribution in [3.05, 3.63) is 50.6 Å². The van der Waals surface area contributed by atoms with E-state index in [1.807, 2.05) is 10.8 Å². The van der Waals surface area contributed by atoms with Gasteiger partial charge in [-0.3, -0.25) is 5.84 Å². The molecule has 102 valence electrons. The summed E-state index contributed by atoms with van der Waals surface area (Å²) in [7, 11) is -3.17. The molecule has 2 aromatic rings. The number of benzene rings is 1. The Hall–Kier alpha value is -0.730. The summed E-state index contributed by atoms with van der Waals surface area (Å²) in [5, 5.41) is 3.98. The Morgan fingerprint density at radius 2 is 1.89 bits per heavy atom. The van der Waals surface area contributed by atoms with Crippen LogP contribution < -0.4 is 11.3 Å². The van der Waals surface area contributed by atoms with Gasteiger partial charge >= 0.3 is 0 Å². The van der Waals surface area contributed by atoms with Crippen molar-refractivity contribution in [1.82, 2.24) is 5.43 Å². The van der Waals surface area contributed by atoms with Crippen molar-refractivity contribution in [2.24, 2.45) is 5.84 Å². The van der Waals surface area contributed by atoms with Gasteiger partial charge in [0, 0.05) is 16.1 Å². The van der Waals surface area contributed by atoms with Crippen LogP contribution in [0.5, 0.6) is 0 Å². The fourth-order valence-electron chi connectivity index (χ4n) is 1.77. The van der Waals surface area contributed by atoms with Gasteiger partial charge in [-0.05, 0) is 44.6 Å². The summed E-state index contributed by atoms with van der Waals surface area (Å²) in [5.41, 5.74) is 4.69. The second-order valence-electron chi connectivity index (χ2n) is 4.12. The van der Waals surface area contributed by atoms with Crippen LogP contribution in [0.2, 0.25) is 0 Å². The maximum Gasteiger partial charge on any atom is 0.175 e. The highest BCUT2D eigenvalue weighted by atomic mass is 79.9. The highest BCUT2D eigenvalue weighted by Crippen LogP contribution is 2.31. The molecule has 0 aliphatic heterocycles. The van der Waals surface area contributed by atoms with Crippen LogP contribution in [0.4, 0.5) is 0 Å². The highest BCUT2D eigenvalue weighted by molar-refractivity contribution is 9.10. The van der Waals surface area contributed by atoms with Crippen molar-refractivity contribution < 1.29 is 8.42 Å². The Morgan fingerprint density at radius 1 is 1.26 bits per heavy atom. The summed E-state index contributed by atoms with van der Waals surface area (Å²) in [5.74, 6) is 5.60. The summed E-state index contributed by atoms with van der Waals surface area (Å²) in [6.45, 7) is 0. The molecule has 0 spiro atoms. The zero-order valence-electron chi connectivity index (χ0n) is 10.1. The molecule has 2 rings (SSSR count). The van der Waals surface area contributed by atoms with E-state index in [0.717, 1.165) is 15.6 Å². The van der Waals surface area contributed by atoms with Gasteiger partial charge in [-0.15, -0.1) is 0 Å². The molecule has 1 heterocycles. The first-order valence-corrected chi connectivity index (χ1v) is 9.04. The molecule has 1 unspecified atom stereocenters. The Morgan fingerprint density at radius 3 is 2.32 bits per heavy atom. The Kier molecular flexibility index (Phi) is 4.42. The van der Waals surface area contributed by atoms with Gasteiger partial charge in [0.2, 0.25) is 0 Å². The van der Waals surface area contributed by atoms with Gasteiger partial charge in [-0.25, -0.2) is 13.8 Å². The summed E-state index contributed by atoms with van der Waals surface area (Å²) in [6, 6.07) is 6.55. The van der Waals surface area contributed by atoms with Gasteiger partial charge < -0.3 is 0 Å². The van der Waals surface area contributed by atoms with Crippen LogP contribution in [-0.2, 0) is 9.84 Å². The molecule has 7 heteroatoms. The van der Waals surface area contributed by atoms with Gasteiger partial charge in [-0.1, -0.05) is 12.1 Å². The average molecular weight is 361 g/mol. The predicted octanol–water partition coefficient (Wildman–Crippen LogP) is 2.47. The van der Waals surface area contributed by atoms with Crippen molar-refractivity contribution >= 4 is 37.1 Å². The highest BCUT2D eigenvalue weighted by Gasteiger charge is 2.17. The molecule has 0 amide bonds. The molecule has 19 heavy (non-hydrogen) atoms. The van der Waals surface area contributed by atoms with Crippen LogP contribution in [0.1, 0.15) is 17.2 Å². The lowest BCUT2D eigenvalue weighted by Crippen LogP contribution is -2.28. The molecular formula is C12H13BrN2O2S2. The fraction of sp³-hybridized carbons (Fsp3) is 0.167. The number of thiophene rings is 1. The number of hydrogen-bond donors (Lipinski definition) is 2. The molecular weight excluding hydrogens is 348 g/mol. The van der Waals surface area contributed by atoms with E-state index in [2.05, 4.69) is 21.4 Å². The lowest BCUT2D eigenvalue weighted by molar-refractivity contribution is 0.601. The van der Waals surface area contributed by atoms with E-state index in [0.29, 0.717) is 4.90 Å². The number of rotatable bonds is 4. The smallest absolute Gasteiger partial charge is 0.175 e. The minimum Gasteiger partial charge on any atom is -0.271 e. The van der Waals surface area contributed by atoms with Crippen LogP contribution in [0.15, 0.2) is 44.4 Å². The third kappa shape index (κ3) is 3.24. The van der Waals surface area contributed by atoms with E-state index in [-0.39, 0.29) is 6.04 Å². The van der Waals surface area contributed by atoms with Crippen molar-refractivity contribution in [1.29, 1.82) is 0 Å². The first kappa shape index (κ1) is 14.7. The molecule has 1 aromatic carbocycles. The lowest BCUT2D eigenvalue weighted by atomic mass is 10.0. The quantitative estimate of drug-likeness (QED) is 0.648. The summed E-state index contributed by atoms with van der Waals surface area (Å²) in [6.07, 6.45) is 1.19. The Labute approximate surface area is 124 Å². The van der Waals surface area contributed by atoms with Gasteiger partial charge in [0.25, 0.3) is 0 Å². The van der Waals surface area contributed by atoms with E-state index >= 15 is 0 Å². The Balaban J connectivity index is 2.38. The number of nitrogens with two attached hydrogens (primary N) is 1.